The van der Waals surface area contributed by atoms with E-state index in [-0.39, 0.29) is 0 Å². The molecule has 6 nitrogen and oxygen atoms in total. The van der Waals surface area contributed by atoms with Crippen molar-refractivity contribution in [1.29, 1.82) is 0 Å². The zero-order valence-electron chi connectivity index (χ0n) is 13.7. The number of thioether (sulfide) groups is 2. The first-order valence-electron chi connectivity index (χ1n) is 8.94. The summed E-state index contributed by atoms with van der Waals surface area (Å²) in [5.74, 6) is 5.20. The van der Waals surface area contributed by atoms with Crippen molar-refractivity contribution < 1.29 is 0 Å². The molecule has 0 radical (unpaired) electrons. The van der Waals surface area contributed by atoms with E-state index in [2.05, 4.69) is 36.0 Å². The minimum absolute atomic E-state index is 0.536. The lowest BCUT2D eigenvalue weighted by atomic mass is 10.2. The molecule has 128 valence electrons. The molecule has 0 spiro atoms. The molecule has 2 aromatic heterocycles. The van der Waals surface area contributed by atoms with Crippen LogP contribution in [-0.4, -0.2) is 41.3 Å². The fourth-order valence-corrected chi connectivity index (χ4v) is 5.30. The molecule has 1 aliphatic heterocycles. The molecule has 0 unspecified atom stereocenters. The van der Waals surface area contributed by atoms with Crippen molar-refractivity contribution in [2.75, 3.05) is 11.5 Å². The summed E-state index contributed by atoms with van der Waals surface area (Å²) in [7, 11) is 0. The van der Waals surface area contributed by atoms with E-state index >= 15 is 0 Å². The summed E-state index contributed by atoms with van der Waals surface area (Å²) >= 11 is 3.81. The molecule has 2 aromatic rings. The Hall–Kier alpha value is -1.02. The van der Waals surface area contributed by atoms with Crippen LogP contribution in [0.4, 0.5) is 0 Å². The Balaban J connectivity index is 1.27. The molecule has 3 fully saturated rings. The lowest BCUT2D eigenvalue weighted by Crippen LogP contribution is -2.15. The molecule has 0 bridgehead atoms. The second-order valence-electron chi connectivity index (χ2n) is 7.04. The maximum atomic E-state index is 4.48. The van der Waals surface area contributed by atoms with E-state index in [4.69, 9.17) is 0 Å². The zero-order valence-corrected chi connectivity index (χ0v) is 15.3. The Morgan fingerprint density at radius 2 is 1.83 bits per heavy atom. The standard InChI is InChI=1S/C16H22N6S2/c1-2-11(1)15-18-19-16(22(15)14-3-4-14)24-10-12-9-21(20-17-12)13-5-7-23-8-6-13/h9,11,13-14H,1-8,10H2. The minimum atomic E-state index is 0.536. The van der Waals surface area contributed by atoms with Gasteiger partial charge in [0.1, 0.15) is 5.82 Å². The molecule has 24 heavy (non-hydrogen) atoms. The molecule has 0 aromatic carbocycles. The summed E-state index contributed by atoms with van der Waals surface area (Å²) in [6, 6.07) is 1.18. The second-order valence-corrected chi connectivity index (χ2v) is 9.21. The van der Waals surface area contributed by atoms with Gasteiger partial charge in [0.15, 0.2) is 5.16 Å². The van der Waals surface area contributed by atoms with Crippen LogP contribution in [-0.2, 0) is 5.75 Å². The molecule has 3 heterocycles. The average Bonchev–Trinajstić information content (AvgIpc) is 3.55. The molecular weight excluding hydrogens is 340 g/mol. The summed E-state index contributed by atoms with van der Waals surface area (Å²) in [5.41, 5.74) is 1.05. The van der Waals surface area contributed by atoms with Crippen LogP contribution < -0.4 is 0 Å². The van der Waals surface area contributed by atoms with Gasteiger partial charge in [0, 0.05) is 23.9 Å². The Kier molecular flexibility index (Phi) is 4.05. The quantitative estimate of drug-likeness (QED) is 0.734. The molecule has 5 rings (SSSR count). The molecule has 2 saturated carbocycles. The van der Waals surface area contributed by atoms with Crippen LogP contribution in [0.2, 0.25) is 0 Å². The van der Waals surface area contributed by atoms with Gasteiger partial charge >= 0.3 is 0 Å². The minimum Gasteiger partial charge on any atom is -0.303 e. The first-order chi connectivity index (χ1) is 11.9. The predicted molar refractivity (Wildman–Crippen MR) is 95.4 cm³/mol. The van der Waals surface area contributed by atoms with Crippen LogP contribution in [0.3, 0.4) is 0 Å². The average molecular weight is 363 g/mol. The molecule has 0 amide bonds. The summed E-state index contributed by atoms with van der Waals surface area (Å²) in [5, 5.41) is 18.8. The fraction of sp³-hybridized carbons (Fsp3) is 0.750. The van der Waals surface area contributed by atoms with Gasteiger partial charge < -0.3 is 4.57 Å². The molecule has 2 aliphatic carbocycles. The van der Waals surface area contributed by atoms with Gasteiger partial charge in [0.05, 0.1) is 11.7 Å². The van der Waals surface area contributed by atoms with Crippen LogP contribution in [0.5, 0.6) is 0 Å². The number of rotatable bonds is 6. The molecular formula is C16H22N6S2. The van der Waals surface area contributed by atoms with Gasteiger partial charge in [0.2, 0.25) is 0 Å². The van der Waals surface area contributed by atoms with Gasteiger partial charge in [-0.15, -0.1) is 15.3 Å². The van der Waals surface area contributed by atoms with Crippen molar-refractivity contribution in [3.63, 3.8) is 0 Å². The largest absolute Gasteiger partial charge is 0.303 e. The first kappa shape index (κ1) is 15.3. The highest BCUT2D eigenvalue weighted by Gasteiger charge is 2.36. The van der Waals surface area contributed by atoms with Gasteiger partial charge in [-0.2, -0.15) is 11.8 Å². The van der Waals surface area contributed by atoms with Crippen LogP contribution >= 0.6 is 23.5 Å². The summed E-state index contributed by atoms with van der Waals surface area (Å²) in [4.78, 5) is 0. The van der Waals surface area contributed by atoms with Gasteiger partial charge in [0.25, 0.3) is 0 Å². The van der Waals surface area contributed by atoms with Crippen LogP contribution in [0.25, 0.3) is 0 Å². The van der Waals surface area contributed by atoms with E-state index in [9.17, 15) is 0 Å². The van der Waals surface area contributed by atoms with E-state index in [0.717, 1.165) is 16.6 Å². The maximum absolute atomic E-state index is 4.48. The number of hydrogen-bond donors (Lipinski definition) is 0. The summed E-state index contributed by atoms with van der Waals surface area (Å²) in [6.45, 7) is 0. The summed E-state index contributed by atoms with van der Waals surface area (Å²) < 4.78 is 4.49. The van der Waals surface area contributed by atoms with Gasteiger partial charge in [-0.25, -0.2) is 4.68 Å². The van der Waals surface area contributed by atoms with Crippen LogP contribution in [0.1, 0.15) is 68.0 Å². The molecule has 1 saturated heterocycles. The van der Waals surface area contributed by atoms with Gasteiger partial charge in [-0.1, -0.05) is 17.0 Å². The Labute approximate surface area is 150 Å². The highest BCUT2D eigenvalue weighted by Crippen LogP contribution is 2.46. The third kappa shape index (κ3) is 3.10. The van der Waals surface area contributed by atoms with E-state index in [1.54, 1.807) is 11.8 Å². The number of nitrogens with zero attached hydrogens (tertiary/aromatic N) is 6. The van der Waals surface area contributed by atoms with Crippen molar-refractivity contribution in [2.24, 2.45) is 0 Å². The Morgan fingerprint density at radius 1 is 1.00 bits per heavy atom. The maximum Gasteiger partial charge on any atom is 0.191 e. The third-order valence-corrected chi connectivity index (χ3v) is 7.04. The van der Waals surface area contributed by atoms with Gasteiger partial charge in [-0.3, -0.25) is 0 Å². The van der Waals surface area contributed by atoms with Gasteiger partial charge in [-0.05, 0) is 50.0 Å². The van der Waals surface area contributed by atoms with E-state index in [1.807, 2.05) is 11.8 Å². The third-order valence-electron chi connectivity index (χ3n) is 5.02. The smallest absolute Gasteiger partial charge is 0.191 e. The highest BCUT2D eigenvalue weighted by molar-refractivity contribution is 7.99. The Morgan fingerprint density at radius 3 is 2.58 bits per heavy atom. The van der Waals surface area contributed by atoms with Crippen molar-refractivity contribution in [1.82, 2.24) is 29.8 Å². The van der Waals surface area contributed by atoms with Crippen molar-refractivity contribution in [3.05, 3.63) is 17.7 Å². The lowest BCUT2D eigenvalue weighted by molar-refractivity contribution is 0.416. The summed E-state index contributed by atoms with van der Waals surface area (Å²) in [6.07, 6.45) is 9.67. The Bertz CT molecular complexity index is 712. The van der Waals surface area contributed by atoms with E-state index < -0.39 is 0 Å². The fourth-order valence-electron chi connectivity index (χ4n) is 3.33. The van der Waals surface area contributed by atoms with Crippen molar-refractivity contribution in [2.45, 2.75) is 67.4 Å². The first-order valence-corrected chi connectivity index (χ1v) is 11.1. The molecule has 0 N–H and O–H groups in total. The predicted octanol–water partition coefficient (Wildman–Crippen LogP) is 3.44. The number of aromatic nitrogens is 6. The molecule has 3 aliphatic rings. The molecule has 0 atom stereocenters. The zero-order chi connectivity index (χ0) is 15.9. The normalized spacial score (nSPS) is 22.2. The molecule has 8 heteroatoms. The SMILES string of the molecule is c1c(CSc2nnc(C3CC3)n2C2CC2)nnn1C1CCSCC1. The monoisotopic (exact) mass is 362 g/mol. The lowest BCUT2D eigenvalue weighted by Gasteiger charge is -2.20. The van der Waals surface area contributed by atoms with Crippen molar-refractivity contribution in [3.8, 4) is 0 Å². The van der Waals surface area contributed by atoms with Crippen molar-refractivity contribution >= 4 is 23.5 Å². The van der Waals surface area contributed by atoms with Crippen LogP contribution in [0, 0.1) is 0 Å². The number of hydrogen-bond acceptors (Lipinski definition) is 6. The second kappa shape index (κ2) is 6.37. The highest BCUT2D eigenvalue weighted by atomic mass is 32.2. The van der Waals surface area contributed by atoms with E-state index in [1.165, 1.54) is 55.9 Å². The van der Waals surface area contributed by atoms with Crippen LogP contribution in [0.15, 0.2) is 11.4 Å². The topological polar surface area (TPSA) is 61.4 Å². The van der Waals surface area contributed by atoms with E-state index in [0.29, 0.717) is 18.0 Å².